The lowest BCUT2D eigenvalue weighted by Crippen LogP contribution is -2.31. The Morgan fingerprint density at radius 3 is 2.34 bits per heavy atom. The summed E-state index contributed by atoms with van der Waals surface area (Å²) >= 11 is 0. The van der Waals surface area contributed by atoms with Crippen LogP contribution in [0.15, 0.2) is 65.7 Å². The van der Waals surface area contributed by atoms with Crippen LogP contribution in [-0.4, -0.2) is 54.0 Å². The van der Waals surface area contributed by atoms with Crippen LogP contribution in [0.25, 0.3) is 0 Å². The zero-order valence-electron chi connectivity index (χ0n) is 23.6. The lowest BCUT2D eigenvalue weighted by molar-refractivity contribution is -0.384. The number of nitrogens with zero attached hydrogens (tertiary/aromatic N) is 2. The molecule has 12 nitrogen and oxygen atoms in total. The van der Waals surface area contributed by atoms with Crippen molar-refractivity contribution in [1.29, 1.82) is 0 Å². The number of alkyl halides is 3. The Bertz CT molecular complexity index is 1670. The third-order valence-electron chi connectivity index (χ3n) is 6.27. The molecule has 0 aromatic heterocycles. The van der Waals surface area contributed by atoms with Gasteiger partial charge in [0.05, 0.1) is 33.9 Å². The van der Waals surface area contributed by atoms with Gasteiger partial charge in [0.2, 0.25) is 5.90 Å². The molecule has 230 valence electrons. The molecular formula is C29H26F3N5O7. The van der Waals surface area contributed by atoms with Crippen LogP contribution in [-0.2, 0) is 20.9 Å². The minimum Gasteiger partial charge on any atom is -0.475 e. The molecule has 0 radical (unpaired) electrons. The number of hydrogen-bond donors (Lipinski definition) is 3. The second-order valence-electron chi connectivity index (χ2n) is 10.2. The molecule has 44 heavy (non-hydrogen) atoms. The van der Waals surface area contributed by atoms with Crippen LogP contribution in [0.4, 0.5) is 35.9 Å². The average molecular weight is 614 g/mol. The average Bonchev–Trinajstić information content (AvgIpc) is 3.32. The van der Waals surface area contributed by atoms with Crippen LogP contribution in [0.3, 0.4) is 0 Å². The lowest BCUT2D eigenvalue weighted by atomic mass is 10.1. The largest absolute Gasteiger partial charge is 0.475 e. The van der Waals surface area contributed by atoms with E-state index in [0.29, 0.717) is 29.3 Å². The van der Waals surface area contributed by atoms with Gasteiger partial charge in [-0.2, -0.15) is 13.2 Å². The van der Waals surface area contributed by atoms with Crippen LogP contribution >= 0.6 is 0 Å². The summed E-state index contributed by atoms with van der Waals surface area (Å²) < 4.78 is 49.7. The second-order valence-corrected chi connectivity index (χ2v) is 10.2. The molecule has 1 aliphatic rings. The van der Waals surface area contributed by atoms with Crippen molar-refractivity contribution < 1.29 is 42.0 Å². The molecule has 0 unspecified atom stereocenters. The number of methoxy groups -OCH3 is 1. The number of benzene rings is 3. The zero-order valence-corrected chi connectivity index (χ0v) is 23.6. The molecule has 3 N–H and O–H groups in total. The maximum atomic E-state index is 13.2. The normalized spacial score (nSPS) is 13.8. The SMILES string of the molecule is COCc1cc(C(=O)Nc2ccccc2C2=NC(C)(C)CO2)ccc1NC(=O)c1cccc([N+](=O)[O-])c1NC(=O)C(F)(F)F. The number of nitrogens with one attached hydrogen (secondary N) is 3. The van der Waals surface area contributed by atoms with E-state index in [1.54, 1.807) is 24.3 Å². The van der Waals surface area contributed by atoms with Gasteiger partial charge in [-0.1, -0.05) is 18.2 Å². The highest BCUT2D eigenvalue weighted by molar-refractivity contribution is 6.13. The molecule has 0 saturated carbocycles. The van der Waals surface area contributed by atoms with Gasteiger partial charge in [0.25, 0.3) is 17.5 Å². The van der Waals surface area contributed by atoms with E-state index in [9.17, 15) is 37.7 Å². The number of aliphatic imine (C=N–C) groups is 1. The van der Waals surface area contributed by atoms with Crippen molar-refractivity contribution in [3.8, 4) is 0 Å². The Balaban J connectivity index is 1.61. The summed E-state index contributed by atoms with van der Waals surface area (Å²) in [5.74, 6) is -3.68. The van der Waals surface area contributed by atoms with Gasteiger partial charge < -0.3 is 25.4 Å². The molecule has 3 aromatic carbocycles. The van der Waals surface area contributed by atoms with Gasteiger partial charge >= 0.3 is 12.1 Å². The molecule has 0 fully saturated rings. The summed E-state index contributed by atoms with van der Waals surface area (Å²) in [6.45, 7) is 4.11. The maximum Gasteiger partial charge on any atom is 0.471 e. The molecule has 0 atom stereocenters. The lowest BCUT2D eigenvalue weighted by Gasteiger charge is -2.16. The number of halogens is 3. The van der Waals surface area contributed by atoms with Crippen molar-refractivity contribution in [1.82, 2.24) is 0 Å². The molecule has 4 rings (SSSR count). The van der Waals surface area contributed by atoms with E-state index in [-0.39, 0.29) is 17.9 Å². The minimum atomic E-state index is -5.37. The van der Waals surface area contributed by atoms with Gasteiger partial charge in [0, 0.05) is 30.0 Å². The highest BCUT2D eigenvalue weighted by Gasteiger charge is 2.40. The standard InChI is InChI=1S/C29H26F3N5O7/c1-28(2)15-44-26(36-28)18-7-4-5-9-21(18)34-24(38)16-11-12-20(17(13-16)14-43-3)33-25(39)19-8-6-10-22(37(41)42)23(19)35-27(40)29(30,31)32/h4-13H,14-15H2,1-3H3,(H,33,39)(H,34,38)(H,35,40). The number of carbonyl (C=O) groups excluding carboxylic acids is 3. The van der Waals surface area contributed by atoms with Crippen molar-refractivity contribution in [3.63, 3.8) is 0 Å². The van der Waals surface area contributed by atoms with Gasteiger partial charge in [-0.15, -0.1) is 0 Å². The second kappa shape index (κ2) is 12.5. The Kier molecular flexibility index (Phi) is 8.99. The molecule has 0 saturated heterocycles. The fourth-order valence-corrected chi connectivity index (χ4v) is 4.21. The number of nitro benzene ring substituents is 1. The van der Waals surface area contributed by atoms with Gasteiger partial charge in [-0.05, 0) is 50.2 Å². The van der Waals surface area contributed by atoms with E-state index in [2.05, 4.69) is 15.6 Å². The highest BCUT2D eigenvalue weighted by Crippen LogP contribution is 2.32. The number of para-hydroxylation sites is 2. The summed E-state index contributed by atoms with van der Waals surface area (Å²) in [4.78, 5) is 52.9. The van der Waals surface area contributed by atoms with Crippen LogP contribution < -0.4 is 16.0 Å². The number of ether oxygens (including phenoxy) is 2. The van der Waals surface area contributed by atoms with Crippen molar-refractivity contribution in [2.45, 2.75) is 32.2 Å². The van der Waals surface area contributed by atoms with Crippen molar-refractivity contribution in [3.05, 3.63) is 93.0 Å². The zero-order chi connectivity index (χ0) is 32.2. The summed E-state index contributed by atoms with van der Waals surface area (Å²) in [6.07, 6.45) is -5.37. The Labute approximate surface area is 248 Å². The molecule has 1 aliphatic heterocycles. The summed E-state index contributed by atoms with van der Waals surface area (Å²) in [7, 11) is 1.36. The predicted octanol–water partition coefficient (Wildman–Crippen LogP) is 5.30. The molecular weight excluding hydrogens is 587 g/mol. The third kappa shape index (κ3) is 7.18. The molecule has 15 heteroatoms. The van der Waals surface area contributed by atoms with E-state index in [1.165, 1.54) is 30.6 Å². The van der Waals surface area contributed by atoms with E-state index in [4.69, 9.17) is 9.47 Å². The highest BCUT2D eigenvalue weighted by atomic mass is 19.4. The first-order valence-corrected chi connectivity index (χ1v) is 12.9. The Morgan fingerprint density at radius 2 is 1.70 bits per heavy atom. The summed E-state index contributed by atoms with van der Waals surface area (Å²) in [5.41, 5.74) is -1.26. The van der Waals surface area contributed by atoms with Crippen LogP contribution in [0.5, 0.6) is 0 Å². The van der Waals surface area contributed by atoms with E-state index in [1.807, 2.05) is 13.8 Å². The Hall–Kier alpha value is -5.31. The van der Waals surface area contributed by atoms with Crippen molar-refractivity contribution in [2.75, 3.05) is 29.7 Å². The van der Waals surface area contributed by atoms with Gasteiger partial charge in [0.1, 0.15) is 12.3 Å². The van der Waals surface area contributed by atoms with Gasteiger partial charge in [-0.3, -0.25) is 24.5 Å². The quantitative estimate of drug-likeness (QED) is 0.218. The summed E-state index contributed by atoms with van der Waals surface area (Å²) in [5, 5.41) is 18.2. The number of anilines is 3. The first-order valence-electron chi connectivity index (χ1n) is 12.9. The fraction of sp³-hybridized carbons (Fsp3) is 0.241. The molecule has 0 bridgehead atoms. The molecule has 1 heterocycles. The first-order chi connectivity index (χ1) is 20.7. The topological polar surface area (TPSA) is 161 Å². The van der Waals surface area contributed by atoms with Gasteiger partial charge in [-0.25, -0.2) is 4.99 Å². The van der Waals surface area contributed by atoms with Crippen molar-refractivity contribution >= 4 is 46.4 Å². The minimum absolute atomic E-state index is 0.0976. The van der Waals surface area contributed by atoms with Crippen LogP contribution in [0, 0.1) is 10.1 Å². The number of amides is 3. The number of carbonyl (C=O) groups is 3. The first kappa shape index (κ1) is 31.6. The number of hydrogen-bond acceptors (Lipinski definition) is 8. The van der Waals surface area contributed by atoms with E-state index >= 15 is 0 Å². The predicted molar refractivity (Wildman–Crippen MR) is 154 cm³/mol. The molecule has 0 spiro atoms. The molecule has 3 aromatic rings. The van der Waals surface area contributed by atoms with Gasteiger partial charge in [0.15, 0.2) is 0 Å². The van der Waals surface area contributed by atoms with E-state index in [0.717, 1.165) is 18.2 Å². The monoisotopic (exact) mass is 613 g/mol. The summed E-state index contributed by atoms with van der Waals surface area (Å²) in [6, 6.07) is 14.1. The molecule has 0 aliphatic carbocycles. The number of nitro groups is 1. The smallest absolute Gasteiger partial charge is 0.471 e. The van der Waals surface area contributed by atoms with E-state index < -0.39 is 51.3 Å². The van der Waals surface area contributed by atoms with Crippen molar-refractivity contribution in [2.24, 2.45) is 4.99 Å². The molecule has 3 amide bonds. The fourth-order valence-electron chi connectivity index (χ4n) is 4.21. The maximum absolute atomic E-state index is 13.2. The Morgan fingerprint density at radius 1 is 1.00 bits per heavy atom. The third-order valence-corrected chi connectivity index (χ3v) is 6.27. The number of rotatable bonds is 9. The van der Waals surface area contributed by atoms with Crippen LogP contribution in [0.1, 0.15) is 45.7 Å². The van der Waals surface area contributed by atoms with Crippen LogP contribution in [0.2, 0.25) is 0 Å².